The second kappa shape index (κ2) is 9.54. The van der Waals surface area contributed by atoms with Gasteiger partial charge in [0.05, 0.1) is 22.8 Å². The SMILES string of the molecule is C=CC1=C(S(=O)(=O)c2ccccc2)CCN(S(=O)(=O)c2ccc(C)cc2)C/C1=C\[Si](C)(C)C. The Morgan fingerprint density at radius 1 is 0.909 bits per heavy atom. The average molecular weight is 502 g/mol. The van der Waals surface area contributed by atoms with E-state index in [2.05, 4.69) is 31.9 Å². The normalized spacial score (nSPS) is 17.8. The number of sulfonamides is 1. The van der Waals surface area contributed by atoms with Gasteiger partial charge in [-0.25, -0.2) is 16.8 Å². The fourth-order valence-corrected chi connectivity index (χ4v) is 8.25. The van der Waals surface area contributed by atoms with Gasteiger partial charge in [-0.1, -0.05) is 73.9 Å². The van der Waals surface area contributed by atoms with E-state index in [4.69, 9.17) is 0 Å². The predicted molar refractivity (Wildman–Crippen MR) is 137 cm³/mol. The molecule has 2 aromatic rings. The molecule has 0 atom stereocenters. The molecule has 0 amide bonds. The minimum Gasteiger partial charge on any atom is -0.219 e. The van der Waals surface area contributed by atoms with E-state index >= 15 is 0 Å². The van der Waals surface area contributed by atoms with Crippen LogP contribution in [-0.4, -0.2) is 42.3 Å². The van der Waals surface area contributed by atoms with E-state index in [0.29, 0.717) is 11.1 Å². The molecule has 1 aliphatic heterocycles. The monoisotopic (exact) mass is 501 g/mol. The molecule has 0 spiro atoms. The zero-order valence-electron chi connectivity index (χ0n) is 19.6. The van der Waals surface area contributed by atoms with Gasteiger partial charge in [0.1, 0.15) is 0 Å². The summed E-state index contributed by atoms with van der Waals surface area (Å²) in [5, 5.41) is 0. The van der Waals surface area contributed by atoms with Gasteiger partial charge in [-0.3, -0.25) is 0 Å². The van der Waals surface area contributed by atoms with Crippen molar-refractivity contribution in [3.8, 4) is 0 Å². The van der Waals surface area contributed by atoms with Crippen molar-refractivity contribution in [1.29, 1.82) is 0 Å². The molecule has 0 aliphatic carbocycles. The summed E-state index contributed by atoms with van der Waals surface area (Å²) < 4.78 is 55.6. The van der Waals surface area contributed by atoms with Crippen LogP contribution < -0.4 is 0 Å². The molecule has 0 N–H and O–H groups in total. The average Bonchev–Trinajstić information content (AvgIpc) is 2.93. The number of sulfone groups is 1. The fourth-order valence-electron chi connectivity index (χ4n) is 3.87. The molecular formula is C25H31NO4S2Si. The Labute approximate surface area is 199 Å². The molecule has 0 radical (unpaired) electrons. The van der Waals surface area contributed by atoms with Crippen LogP contribution >= 0.6 is 0 Å². The van der Waals surface area contributed by atoms with E-state index in [0.717, 1.165) is 5.56 Å². The third kappa shape index (κ3) is 5.63. The van der Waals surface area contributed by atoms with Crippen LogP contribution in [0.1, 0.15) is 12.0 Å². The molecule has 33 heavy (non-hydrogen) atoms. The molecule has 2 aromatic carbocycles. The van der Waals surface area contributed by atoms with E-state index in [1.165, 1.54) is 4.31 Å². The van der Waals surface area contributed by atoms with Crippen LogP contribution in [0.15, 0.2) is 98.8 Å². The van der Waals surface area contributed by atoms with Gasteiger partial charge in [-0.15, -0.1) is 0 Å². The molecule has 1 aliphatic rings. The van der Waals surface area contributed by atoms with Crippen LogP contribution in [0.4, 0.5) is 0 Å². The van der Waals surface area contributed by atoms with Gasteiger partial charge in [-0.2, -0.15) is 4.31 Å². The minimum atomic E-state index is -3.81. The van der Waals surface area contributed by atoms with Crippen molar-refractivity contribution in [3.63, 3.8) is 0 Å². The van der Waals surface area contributed by atoms with Crippen LogP contribution in [0, 0.1) is 6.92 Å². The predicted octanol–water partition coefficient (Wildman–Crippen LogP) is 5.11. The molecule has 5 nitrogen and oxygen atoms in total. The van der Waals surface area contributed by atoms with Crippen LogP contribution in [0.3, 0.4) is 0 Å². The summed E-state index contributed by atoms with van der Waals surface area (Å²) in [6, 6.07) is 15.0. The number of aryl methyl sites for hydroxylation is 1. The Morgan fingerprint density at radius 3 is 2.06 bits per heavy atom. The molecule has 0 aromatic heterocycles. The zero-order valence-corrected chi connectivity index (χ0v) is 22.2. The number of allylic oxidation sites excluding steroid dienone is 1. The summed E-state index contributed by atoms with van der Waals surface area (Å²) in [7, 11) is -9.45. The Bertz CT molecular complexity index is 1300. The maximum atomic E-state index is 13.6. The highest BCUT2D eigenvalue weighted by Gasteiger charge is 2.34. The first kappa shape index (κ1) is 25.4. The Kier molecular flexibility index (Phi) is 7.33. The Balaban J connectivity index is 2.17. The van der Waals surface area contributed by atoms with Gasteiger partial charge in [0, 0.05) is 13.1 Å². The molecule has 0 bridgehead atoms. The standard InChI is InChI=1S/C25H31NO4S2Si/c1-6-24-21(19-33(3,4)5)18-26(32(29,30)23-14-12-20(2)13-15-23)17-16-25(24)31(27,28)22-10-8-7-9-11-22/h6-15,19H,1,16-18H2,2-5H3/b21-19+. The first-order valence-electron chi connectivity index (χ1n) is 10.8. The van der Waals surface area contributed by atoms with E-state index < -0.39 is 27.9 Å². The van der Waals surface area contributed by atoms with Gasteiger partial charge < -0.3 is 0 Å². The number of hydrogen-bond donors (Lipinski definition) is 0. The van der Waals surface area contributed by atoms with Crippen molar-refractivity contribution < 1.29 is 16.8 Å². The lowest BCUT2D eigenvalue weighted by atomic mass is 10.1. The summed E-state index contributed by atoms with van der Waals surface area (Å²) in [6.45, 7) is 12.4. The van der Waals surface area contributed by atoms with Crippen LogP contribution in [0.2, 0.25) is 19.6 Å². The highest BCUT2D eigenvalue weighted by atomic mass is 32.2. The third-order valence-corrected chi connectivity index (χ3v) is 10.5. The molecule has 0 saturated carbocycles. The molecule has 0 fully saturated rings. The van der Waals surface area contributed by atoms with Crippen LogP contribution in [-0.2, 0) is 19.9 Å². The van der Waals surface area contributed by atoms with Crippen molar-refractivity contribution in [2.75, 3.05) is 13.1 Å². The van der Waals surface area contributed by atoms with Crippen LogP contribution in [0.25, 0.3) is 0 Å². The first-order valence-corrected chi connectivity index (χ1v) is 17.3. The summed E-state index contributed by atoms with van der Waals surface area (Å²) in [4.78, 5) is 0.617. The lowest BCUT2D eigenvalue weighted by Gasteiger charge is -2.23. The van der Waals surface area contributed by atoms with Crippen LogP contribution in [0.5, 0.6) is 0 Å². The van der Waals surface area contributed by atoms with E-state index in [1.807, 2.05) is 6.92 Å². The highest BCUT2D eigenvalue weighted by Crippen LogP contribution is 2.34. The van der Waals surface area contributed by atoms with Crippen molar-refractivity contribution in [2.24, 2.45) is 0 Å². The van der Waals surface area contributed by atoms with E-state index in [9.17, 15) is 16.8 Å². The molecule has 0 unspecified atom stereocenters. The van der Waals surface area contributed by atoms with Gasteiger partial charge in [0.2, 0.25) is 19.9 Å². The summed E-state index contributed by atoms with van der Waals surface area (Å²) in [6.07, 6.45) is 1.64. The van der Waals surface area contributed by atoms with Crippen molar-refractivity contribution in [1.82, 2.24) is 4.31 Å². The highest BCUT2D eigenvalue weighted by molar-refractivity contribution is 7.95. The molecular weight excluding hydrogens is 470 g/mol. The Morgan fingerprint density at radius 2 is 1.52 bits per heavy atom. The summed E-state index contributed by atoms with van der Waals surface area (Å²) in [5.41, 5.74) is 4.26. The minimum absolute atomic E-state index is 0.0674. The maximum Gasteiger partial charge on any atom is 0.243 e. The van der Waals surface area contributed by atoms with Crippen molar-refractivity contribution in [3.05, 3.63) is 94.6 Å². The second-order valence-corrected chi connectivity index (χ2v) is 18.2. The molecule has 1 heterocycles. The quantitative estimate of drug-likeness (QED) is 0.516. The Hall–Kier alpha value is -2.26. The number of rotatable bonds is 6. The van der Waals surface area contributed by atoms with Gasteiger partial charge in [-0.05, 0) is 48.8 Å². The van der Waals surface area contributed by atoms with Crippen molar-refractivity contribution >= 4 is 27.9 Å². The lowest BCUT2D eigenvalue weighted by molar-refractivity contribution is 0.446. The van der Waals surface area contributed by atoms with Crippen molar-refractivity contribution in [2.45, 2.75) is 42.8 Å². The zero-order chi connectivity index (χ0) is 24.4. The maximum absolute atomic E-state index is 13.6. The fraction of sp³-hybridized carbons (Fsp3) is 0.280. The summed E-state index contributed by atoms with van der Waals surface area (Å²) >= 11 is 0. The topological polar surface area (TPSA) is 71.5 Å². The second-order valence-electron chi connectivity index (χ2n) is 9.29. The van der Waals surface area contributed by atoms with Gasteiger partial charge >= 0.3 is 0 Å². The van der Waals surface area contributed by atoms with Gasteiger partial charge in [0.15, 0.2) is 0 Å². The summed E-state index contributed by atoms with van der Waals surface area (Å²) in [5.74, 6) is 0. The number of benzene rings is 2. The first-order chi connectivity index (χ1) is 15.4. The molecule has 0 saturated heterocycles. The third-order valence-electron chi connectivity index (χ3n) is 5.43. The molecule has 176 valence electrons. The number of nitrogens with zero attached hydrogens (tertiary/aromatic N) is 1. The lowest BCUT2D eigenvalue weighted by Crippen LogP contribution is -2.33. The largest absolute Gasteiger partial charge is 0.243 e. The van der Waals surface area contributed by atoms with E-state index in [1.54, 1.807) is 60.7 Å². The van der Waals surface area contributed by atoms with Gasteiger partial charge in [0.25, 0.3) is 0 Å². The molecule has 3 rings (SSSR count). The van der Waals surface area contributed by atoms with E-state index in [-0.39, 0.29) is 34.2 Å². The molecule has 8 heteroatoms. The number of hydrogen-bond acceptors (Lipinski definition) is 4. The smallest absolute Gasteiger partial charge is 0.219 e.